The van der Waals surface area contributed by atoms with Gasteiger partial charge in [0.15, 0.2) is 0 Å². The summed E-state index contributed by atoms with van der Waals surface area (Å²) in [5.74, 6) is -0.710. The molecule has 1 N–H and O–H groups in total. The lowest BCUT2D eigenvalue weighted by molar-refractivity contribution is -0.137. The fraction of sp³-hybridized carbons (Fsp3) is 0.636. The van der Waals surface area contributed by atoms with Gasteiger partial charge in [-0.05, 0) is 33.4 Å². The van der Waals surface area contributed by atoms with Crippen LogP contribution in [0, 0.1) is 6.92 Å². The molecular formula is C11H18N2O2S. The number of carbonyl (C=O) groups is 1. The van der Waals surface area contributed by atoms with Gasteiger partial charge in [-0.25, -0.2) is 4.98 Å². The molecule has 0 radical (unpaired) electrons. The first-order valence-corrected chi connectivity index (χ1v) is 6.27. The first-order valence-electron chi connectivity index (χ1n) is 5.39. The Morgan fingerprint density at radius 1 is 1.56 bits per heavy atom. The number of aliphatic carboxylic acids is 1. The van der Waals surface area contributed by atoms with E-state index in [1.165, 1.54) is 0 Å². The maximum absolute atomic E-state index is 10.3. The highest BCUT2D eigenvalue weighted by Crippen LogP contribution is 2.10. The third kappa shape index (κ3) is 5.23. The van der Waals surface area contributed by atoms with E-state index in [0.29, 0.717) is 0 Å². The third-order valence-electron chi connectivity index (χ3n) is 2.28. The van der Waals surface area contributed by atoms with Gasteiger partial charge in [0.1, 0.15) is 0 Å². The summed E-state index contributed by atoms with van der Waals surface area (Å²) in [6.45, 7) is 3.77. The van der Waals surface area contributed by atoms with Gasteiger partial charge in [-0.1, -0.05) is 0 Å². The van der Waals surface area contributed by atoms with Crippen molar-refractivity contribution in [1.82, 2.24) is 9.88 Å². The smallest absolute Gasteiger partial charge is 0.303 e. The average Bonchev–Trinajstić information content (AvgIpc) is 2.58. The molecule has 1 aromatic heterocycles. The number of hydrogen-bond donors (Lipinski definition) is 1. The molecule has 4 nitrogen and oxygen atoms in total. The molecule has 0 aliphatic heterocycles. The van der Waals surface area contributed by atoms with Crippen molar-refractivity contribution in [2.45, 2.75) is 32.7 Å². The van der Waals surface area contributed by atoms with Crippen molar-refractivity contribution in [2.75, 3.05) is 13.6 Å². The lowest BCUT2D eigenvalue weighted by atomic mass is 10.2. The van der Waals surface area contributed by atoms with E-state index in [1.807, 2.05) is 14.0 Å². The van der Waals surface area contributed by atoms with E-state index >= 15 is 0 Å². The normalized spacial score (nSPS) is 10.9. The van der Waals surface area contributed by atoms with Crippen LogP contribution in [-0.2, 0) is 11.3 Å². The van der Waals surface area contributed by atoms with Gasteiger partial charge >= 0.3 is 5.97 Å². The van der Waals surface area contributed by atoms with Crippen molar-refractivity contribution in [2.24, 2.45) is 0 Å². The van der Waals surface area contributed by atoms with E-state index in [1.54, 1.807) is 11.3 Å². The monoisotopic (exact) mass is 242 g/mol. The highest BCUT2D eigenvalue weighted by molar-refractivity contribution is 7.09. The number of carboxylic acids is 1. The van der Waals surface area contributed by atoms with E-state index in [4.69, 9.17) is 5.11 Å². The summed E-state index contributed by atoms with van der Waals surface area (Å²) in [6.07, 6.45) is 1.94. The van der Waals surface area contributed by atoms with Crippen molar-refractivity contribution >= 4 is 17.3 Å². The summed E-state index contributed by atoms with van der Waals surface area (Å²) in [7, 11) is 2.04. The molecule has 0 aliphatic rings. The largest absolute Gasteiger partial charge is 0.481 e. The lowest BCUT2D eigenvalue weighted by Gasteiger charge is -2.14. The van der Waals surface area contributed by atoms with Crippen LogP contribution in [0.4, 0.5) is 0 Å². The first-order chi connectivity index (χ1) is 7.58. The van der Waals surface area contributed by atoms with Crippen LogP contribution in [0.15, 0.2) is 5.38 Å². The maximum Gasteiger partial charge on any atom is 0.303 e. The van der Waals surface area contributed by atoms with Crippen molar-refractivity contribution < 1.29 is 9.90 Å². The highest BCUT2D eigenvalue weighted by Gasteiger charge is 2.04. The molecule has 5 heteroatoms. The van der Waals surface area contributed by atoms with Crippen LogP contribution in [0.3, 0.4) is 0 Å². The summed E-state index contributed by atoms with van der Waals surface area (Å²) in [5.41, 5.74) is 1.10. The summed E-state index contributed by atoms with van der Waals surface area (Å²) in [4.78, 5) is 16.9. The Morgan fingerprint density at radius 2 is 2.31 bits per heavy atom. The predicted molar refractivity (Wildman–Crippen MR) is 64.7 cm³/mol. The van der Waals surface area contributed by atoms with Crippen LogP contribution in [0.2, 0.25) is 0 Å². The average molecular weight is 242 g/mol. The topological polar surface area (TPSA) is 53.4 Å². The SMILES string of the molecule is Cc1nc(CN(C)CCCCC(=O)O)cs1. The number of rotatable bonds is 7. The van der Waals surface area contributed by atoms with Gasteiger partial charge in [-0.15, -0.1) is 11.3 Å². The minimum atomic E-state index is -0.710. The van der Waals surface area contributed by atoms with Crippen LogP contribution in [-0.4, -0.2) is 34.6 Å². The highest BCUT2D eigenvalue weighted by atomic mass is 32.1. The van der Waals surface area contributed by atoms with Crippen molar-refractivity contribution in [1.29, 1.82) is 0 Å². The van der Waals surface area contributed by atoms with Gasteiger partial charge in [0.25, 0.3) is 0 Å². The standard InChI is InChI=1S/C11H18N2O2S/c1-9-12-10(8-16-9)7-13(2)6-4-3-5-11(14)15/h8H,3-7H2,1-2H3,(H,14,15). The van der Waals surface area contributed by atoms with Gasteiger partial charge in [0.05, 0.1) is 10.7 Å². The zero-order valence-corrected chi connectivity index (χ0v) is 10.6. The molecule has 0 spiro atoms. The molecule has 0 saturated carbocycles. The lowest BCUT2D eigenvalue weighted by Crippen LogP contribution is -2.19. The molecular weight excluding hydrogens is 224 g/mol. The molecule has 0 unspecified atom stereocenters. The Labute approximate surface area is 99.9 Å². The molecule has 0 aromatic carbocycles. The van der Waals surface area contributed by atoms with Crippen molar-refractivity contribution in [3.8, 4) is 0 Å². The molecule has 0 bridgehead atoms. The molecule has 16 heavy (non-hydrogen) atoms. The zero-order chi connectivity index (χ0) is 12.0. The second-order valence-electron chi connectivity index (χ2n) is 3.95. The van der Waals surface area contributed by atoms with Gasteiger partial charge in [-0.3, -0.25) is 4.79 Å². The van der Waals surface area contributed by atoms with Crippen LogP contribution in [0.1, 0.15) is 30.0 Å². The summed E-state index contributed by atoms with van der Waals surface area (Å²) in [5, 5.41) is 11.7. The second kappa shape index (κ2) is 6.60. The van der Waals surface area contributed by atoms with Crippen LogP contribution < -0.4 is 0 Å². The fourth-order valence-corrected chi connectivity index (χ4v) is 2.10. The molecule has 0 fully saturated rings. The first kappa shape index (κ1) is 13.1. The molecule has 0 atom stereocenters. The number of hydrogen-bond acceptors (Lipinski definition) is 4. The van der Waals surface area contributed by atoms with E-state index in [-0.39, 0.29) is 6.42 Å². The van der Waals surface area contributed by atoms with Crippen LogP contribution in [0.25, 0.3) is 0 Å². The second-order valence-corrected chi connectivity index (χ2v) is 5.01. The number of thiazole rings is 1. The molecule has 1 aromatic rings. The Bertz CT molecular complexity index is 338. The Hall–Kier alpha value is -0.940. The molecule has 90 valence electrons. The van der Waals surface area contributed by atoms with Gasteiger partial charge in [0, 0.05) is 18.3 Å². The van der Waals surface area contributed by atoms with Crippen LogP contribution in [0.5, 0.6) is 0 Å². The third-order valence-corrected chi connectivity index (χ3v) is 3.10. The van der Waals surface area contributed by atoms with Crippen molar-refractivity contribution in [3.63, 3.8) is 0 Å². The van der Waals surface area contributed by atoms with Gasteiger partial charge < -0.3 is 10.0 Å². The number of carboxylic acid groups (broad SMARTS) is 1. The Balaban J connectivity index is 2.16. The van der Waals surface area contributed by atoms with E-state index in [9.17, 15) is 4.79 Å². The Kier molecular flexibility index (Phi) is 5.42. The number of aromatic nitrogens is 1. The maximum atomic E-state index is 10.3. The summed E-state index contributed by atoms with van der Waals surface area (Å²) >= 11 is 1.66. The molecule has 0 aliphatic carbocycles. The molecule has 1 heterocycles. The minimum absolute atomic E-state index is 0.268. The van der Waals surface area contributed by atoms with E-state index in [2.05, 4.69) is 15.3 Å². The van der Waals surface area contributed by atoms with E-state index < -0.39 is 5.97 Å². The molecule has 0 amide bonds. The zero-order valence-electron chi connectivity index (χ0n) is 9.77. The number of unbranched alkanes of at least 4 members (excludes halogenated alkanes) is 1. The van der Waals surface area contributed by atoms with Gasteiger partial charge in [0.2, 0.25) is 0 Å². The predicted octanol–water partition coefficient (Wildman–Crippen LogP) is 2.14. The van der Waals surface area contributed by atoms with Crippen molar-refractivity contribution in [3.05, 3.63) is 16.1 Å². The number of aryl methyl sites for hydroxylation is 1. The van der Waals surface area contributed by atoms with Crippen LogP contribution >= 0.6 is 11.3 Å². The summed E-state index contributed by atoms with van der Waals surface area (Å²) in [6, 6.07) is 0. The molecule has 0 saturated heterocycles. The molecule has 1 rings (SSSR count). The van der Waals surface area contributed by atoms with Gasteiger partial charge in [-0.2, -0.15) is 0 Å². The quantitative estimate of drug-likeness (QED) is 0.744. The fourth-order valence-electron chi connectivity index (χ4n) is 1.49. The number of nitrogens with zero attached hydrogens (tertiary/aromatic N) is 2. The minimum Gasteiger partial charge on any atom is -0.481 e. The van der Waals surface area contributed by atoms with E-state index in [0.717, 1.165) is 36.6 Å². The Morgan fingerprint density at radius 3 is 2.88 bits per heavy atom. The summed E-state index contributed by atoms with van der Waals surface area (Å²) < 4.78 is 0.